The van der Waals surface area contributed by atoms with Gasteiger partial charge in [-0.3, -0.25) is 9.25 Å². The maximum Gasteiger partial charge on any atom is 0.469 e. The first-order chi connectivity index (χ1) is 35.4. The van der Waals surface area contributed by atoms with Gasteiger partial charge >= 0.3 is 19.8 Å². The highest BCUT2D eigenvalue weighted by molar-refractivity contribution is 7.99. The molecule has 74 heavy (non-hydrogen) atoms. The number of methoxy groups -OCH3 is 1. The van der Waals surface area contributed by atoms with Gasteiger partial charge in [0.15, 0.2) is 0 Å². The first-order valence-electron chi connectivity index (χ1n) is 24.5. The summed E-state index contributed by atoms with van der Waals surface area (Å²) in [7, 11) is -7.48. The molecule has 1 aromatic heterocycles. The first kappa shape index (κ1) is 54.4. The number of hydrogen-bond acceptors (Lipinski definition) is 12. The van der Waals surface area contributed by atoms with Crippen LogP contribution in [0.3, 0.4) is 0 Å². The normalized spacial score (nSPS) is 15.3. The summed E-state index contributed by atoms with van der Waals surface area (Å²) in [6, 6.07) is 36.8. The number of piperidine rings is 1. The van der Waals surface area contributed by atoms with Gasteiger partial charge in [-0.1, -0.05) is 54.1 Å². The molecular formula is C54H62ClN6O10PS2. The number of sulfonamides is 1. The summed E-state index contributed by atoms with van der Waals surface area (Å²) in [6.45, 7) is 10.6. The molecule has 8 rings (SSSR count). The summed E-state index contributed by atoms with van der Waals surface area (Å²) >= 11 is 7.92. The van der Waals surface area contributed by atoms with Crippen LogP contribution in [-0.2, 0) is 23.8 Å². The van der Waals surface area contributed by atoms with E-state index in [0.29, 0.717) is 98.5 Å². The number of hydrogen-bond donors (Lipinski definition) is 5. The van der Waals surface area contributed by atoms with Crippen molar-refractivity contribution in [1.29, 1.82) is 0 Å². The Morgan fingerprint density at radius 3 is 2.11 bits per heavy atom. The number of nitrogens with one attached hydrogen (secondary N) is 2. The van der Waals surface area contributed by atoms with E-state index in [-0.39, 0.29) is 28.1 Å². The number of nitrogens with zero attached hydrogens (tertiary/aromatic N) is 4. The zero-order chi connectivity index (χ0) is 52.7. The average molecular weight is 1090 g/mol. The van der Waals surface area contributed by atoms with Gasteiger partial charge in [0.1, 0.15) is 0 Å². The minimum atomic E-state index is -4.57. The van der Waals surface area contributed by atoms with Crippen molar-refractivity contribution in [3.05, 3.63) is 143 Å². The summed E-state index contributed by atoms with van der Waals surface area (Å²) in [6.07, 6.45) is 1.12. The molecule has 0 bridgehead atoms. The number of phosphoric acid groups is 1. The van der Waals surface area contributed by atoms with E-state index in [1.807, 2.05) is 106 Å². The number of likely N-dealkylation sites (tertiary alicyclic amines) is 1. The third-order valence-electron chi connectivity index (χ3n) is 13.4. The molecule has 0 radical (unpaired) electrons. The Kier molecular flexibility index (Phi) is 17.5. The van der Waals surface area contributed by atoms with Gasteiger partial charge in [-0.15, -0.1) is 11.8 Å². The first-order valence-corrected chi connectivity index (χ1v) is 28.9. The van der Waals surface area contributed by atoms with E-state index in [2.05, 4.69) is 35.4 Å². The lowest BCUT2D eigenvalue weighted by molar-refractivity contribution is 0.0600. The third kappa shape index (κ3) is 13.3. The number of carbonyl (C=O) groups excluding carboxylic acids is 1. The summed E-state index contributed by atoms with van der Waals surface area (Å²) in [5.74, 6) is -1.06. The summed E-state index contributed by atoms with van der Waals surface area (Å²) in [5, 5.41) is 14.7. The predicted molar refractivity (Wildman–Crippen MR) is 294 cm³/mol. The maximum absolute atomic E-state index is 13.9. The van der Waals surface area contributed by atoms with Crippen LogP contribution in [-0.4, -0.2) is 116 Å². The standard InChI is InChI=1S/C54H62ClN6O10PS2/c1-36(2)61-37(3)50(53(62)63)51(52(61)38-13-15-40(55)16-14-38)39-9-8-10-44(33-39)60-31-29-59(30-32-60)43-19-17-41(18-20-43)57-74(68,69)47-21-22-49(48(34-47)54(64)70-4)56-42(35-73-46-11-6-5-7-12-46)23-26-58-27-24-45(25-28-58)71-72(65,66)67/h5-22,33-34,36,42,45,56-57H,23-32,35H2,1-4H3,(H,62,63)(H2,65,66,67)/t42-/m1/s1. The minimum Gasteiger partial charge on any atom is -0.478 e. The summed E-state index contributed by atoms with van der Waals surface area (Å²) in [5.41, 5.74) is 6.86. The van der Waals surface area contributed by atoms with E-state index >= 15 is 0 Å². The predicted octanol–water partition coefficient (Wildman–Crippen LogP) is 10.5. The smallest absolute Gasteiger partial charge is 0.469 e. The summed E-state index contributed by atoms with van der Waals surface area (Å²) < 4.78 is 54.0. The monoisotopic (exact) mass is 1080 g/mol. The zero-order valence-corrected chi connectivity index (χ0v) is 45.0. The molecule has 2 aliphatic heterocycles. The van der Waals surface area contributed by atoms with E-state index in [9.17, 15) is 37.5 Å². The third-order valence-corrected chi connectivity index (χ3v) is 16.8. The molecule has 5 N–H and O–H groups in total. The fraction of sp³-hybridized carbons (Fsp3) is 0.333. The van der Waals surface area contributed by atoms with Gasteiger partial charge in [-0.2, -0.15) is 0 Å². The molecule has 2 saturated heterocycles. The molecule has 20 heteroatoms. The molecule has 0 unspecified atom stereocenters. The van der Waals surface area contributed by atoms with E-state index in [4.69, 9.17) is 20.9 Å². The number of aromatic carboxylic acids is 1. The second-order valence-corrected chi connectivity index (χ2v) is 23.1. The van der Waals surface area contributed by atoms with Crippen molar-refractivity contribution in [3.8, 4) is 22.4 Å². The number of ether oxygens (including phenoxy) is 1. The lowest BCUT2D eigenvalue weighted by atomic mass is 9.96. The number of thioether (sulfide) groups is 1. The Morgan fingerprint density at radius 2 is 1.49 bits per heavy atom. The van der Waals surface area contributed by atoms with Crippen molar-refractivity contribution in [2.75, 3.05) is 78.5 Å². The van der Waals surface area contributed by atoms with Crippen molar-refractivity contribution in [2.24, 2.45) is 0 Å². The molecule has 6 aromatic rings. The molecule has 0 amide bonds. The average Bonchev–Trinajstić information content (AvgIpc) is 3.71. The number of phosphoric ester groups is 1. The van der Waals surface area contributed by atoms with Gasteiger partial charge in [0, 0.05) is 108 Å². The van der Waals surface area contributed by atoms with E-state index < -0.39 is 35.9 Å². The SMILES string of the molecule is COC(=O)c1cc(S(=O)(=O)Nc2ccc(N3CCN(c4cccc(-c5c(C(=O)O)c(C)n(C(C)C)c5-c5ccc(Cl)cc5)c4)CC3)cc2)ccc1N[C@H](CCN1CCC(OP(=O)(O)O)CC1)CSc1ccccc1. The number of anilines is 4. The van der Waals surface area contributed by atoms with Crippen molar-refractivity contribution in [3.63, 3.8) is 0 Å². The molecule has 0 saturated carbocycles. The Labute approximate surface area is 441 Å². The molecule has 5 aromatic carbocycles. The number of piperazine rings is 1. The Balaban J connectivity index is 0.926. The fourth-order valence-corrected chi connectivity index (χ4v) is 12.6. The van der Waals surface area contributed by atoms with Gasteiger partial charge in [-0.05, 0) is 130 Å². The van der Waals surface area contributed by atoms with Crippen LogP contribution in [0.25, 0.3) is 22.4 Å². The Bertz CT molecular complexity index is 3090. The Hall–Kier alpha value is -5.82. The van der Waals surface area contributed by atoms with E-state index in [0.717, 1.165) is 33.1 Å². The maximum atomic E-state index is 13.9. The fourth-order valence-electron chi connectivity index (χ4n) is 9.82. The molecule has 3 heterocycles. The van der Waals surface area contributed by atoms with Gasteiger partial charge in [-0.25, -0.2) is 22.6 Å². The van der Waals surface area contributed by atoms with E-state index in [1.54, 1.807) is 30.0 Å². The second kappa shape index (κ2) is 23.8. The molecule has 16 nitrogen and oxygen atoms in total. The van der Waals surface area contributed by atoms with Crippen LogP contribution < -0.4 is 19.8 Å². The zero-order valence-electron chi connectivity index (χ0n) is 41.7. The molecule has 0 aliphatic carbocycles. The van der Waals surface area contributed by atoms with E-state index in [1.165, 1.54) is 19.2 Å². The topological polar surface area (TPSA) is 203 Å². The molecular weight excluding hydrogens is 1020 g/mol. The van der Waals surface area contributed by atoms with Crippen LogP contribution >= 0.6 is 31.2 Å². The lowest BCUT2D eigenvalue weighted by Crippen LogP contribution is -2.46. The van der Waals surface area contributed by atoms with Gasteiger partial charge in [0.05, 0.1) is 34.9 Å². The van der Waals surface area contributed by atoms with Crippen molar-refractivity contribution in [2.45, 2.75) is 68.0 Å². The number of esters is 1. The van der Waals surface area contributed by atoms with Crippen LogP contribution in [0.15, 0.2) is 131 Å². The molecule has 2 aliphatic rings. The highest BCUT2D eigenvalue weighted by Crippen LogP contribution is 2.43. The van der Waals surface area contributed by atoms with Crippen molar-refractivity contribution < 1.29 is 46.7 Å². The van der Waals surface area contributed by atoms with Crippen molar-refractivity contribution in [1.82, 2.24) is 9.47 Å². The summed E-state index contributed by atoms with van der Waals surface area (Å²) in [4.78, 5) is 52.4. The number of benzene rings is 5. The number of carboxylic acid groups (broad SMARTS) is 1. The second-order valence-electron chi connectivity index (χ2n) is 18.7. The highest BCUT2D eigenvalue weighted by Gasteiger charge is 2.30. The Morgan fingerprint density at radius 1 is 0.824 bits per heavy atom. The van der Waals surface area contributed by atoms with Crippen LogP contribution in [0.5, 0.6) is 0 Å². The number of aromatic nitrogens is 1. The number of rotatable bonds is 20. The van der Waals surface area contributed by atoms with Crippen LogP contribution in [0.4, 0.5) is 22.7 Å². The molecule has 1 atom stereocenters. The van der Waals surface area contributed by atoms with Crippen LogP contribution in [0.1, 0.15) is 65.6 Å². The minimum absolute atomic E-state index is 0.000433. The lowest BCUT2D eigenvalue weighted by Gasteiger charge is -2.37. The quantitative estimate of drug-likeness (QED) is 0.0274. The van der Waals surface area contributed by atoms with Gasteiger partial charge in [0.25, 0.3) is 10.0 Å². The number of carbonyl (C=O) groups is 2. The molecule has 392 valence electrons. The van der Waals surface area contributed by atoms with Crippen LogP contribution in [0, 0.1) is 6.92 Å². The number of halogens is 1. The van der Waals surface area contributed by atoms with Gasteiger partial charge in [0.2, 0.25) is 0 Å². The largest absolute Gasteiger partial charge is 0.478 e. The van der Waals surface area contributed by atoms with Crippen LogP contribution in [0.2, 0.25) is 5.02 Å². The molecule has 2 fully saturated rings. The molecule has 0 spiro atoms. The van der Waals surface area contributed by atoms with Crippen molar-refractivity contribution >= 4 is 75.9 Å². The highest BCUT2D eigenvalue weighted by atomic mass is 35.5. The van der Waals surface area contributed by atoms with Gasteiger partial charge < -0.3 is 44.2 Å². The number of carboxylic acids is 1.